The number of methoxy groups -OCH3 is 1. The van der Waals surface area contributed by atoms with Gasteiger partial charge in [0.2, 0.25) is 0 Å². The number of aryl methyl sites for hydroxylation is 1. The van der Waals surface area contributed by atoms with Gasteiger partial charge in [-0.3, -0.25) is 0 Å². The lowest BCUT2D eigenvalue weighted by Gasteiger charge is -2.25. The summed E-state index contributed by atoms with van der Waals surface area (Å²) in [5.74, 6) is 2.13. The molecular formula is C24H21ClO4S. The molecule has 0 fully saturated rings. The van der Waals surface area contributed by atoms with E-state index in [4.69, 9.17) is 21.1 Å². The lowest BCUT2D eigenvalue weighted by molar-refractivity contribution is 0.412. The molecule has 1 aliphatic heterocycles. The fourth-order valence-electron chi connectivity index (χ4n) is 3.68. The number of allylic oxidation sites excluding steroid dienone is 1. The molecule has 0 unspecified atom stereocenters. The zero-order valence-corrected chi connectivity index (χ0v) is 18.5. The summed E-state index contributed by atoms with van der Waals surface area (Å²) >= 11 is 6.46. The average Bonchev–Trinajstić information content (AvgIpc) is 2.72. The molecule has 0 N–H and O–H groups in total. The fraction of sp³-hybridized carbons (Fsp3) is 0.167. The van der Waals surface area contributed by atoms with E-state index in [1.165, 1.54) is 6.26 Å². The first-order chi connectivity index (χ1) is 14.3. The maximum Gasteiger partial charge on any atom is 0.175 e. The van der Waals surface area contributed by atoms with E-state index in [2.05, 4.69) is 0 Å². The summed E-state index contributed by atoms with van der Waals surface area (Å²) in [6.45, 7) is 1.95. The Bertz CT molecular complexity index is 1240. The van der Waals surface area contributed by atoms with Gasteiger partial charge in [0.05, 0.1) is 17.0 Å². The second kappa shape index (κ2) is 7.82. The monoisotopic (exact) mass is 440 g/mol. The zero-order chi connectivity index (χ0) is 21.5. The quantitative estimate of drug-likeness (QED) is 0.532. The molecule has 0 saturated carbocycles. The van der Waals surface area contributed by atoms with Crippen molar-refractivity contribution >= 4 is 32.8 Å². The van der Waals surface area contributed by atoms with Crippen molar-refractivity contribution in [1.29, 1.82) is 0 Å². The maximum atomic E-state index is 11.8. The molecule has 0 amide bonds. The van der Waals surface area contributed by atoms with Crippen molar-refractivity contribution in [2.45, 2.75) is 18.2 Å². The van der Waals surface area contributed by atoms with E-state index in [9.17, 15) is 8.42 Å². The van der Waals surface area contributed by atoms with Crippen LogP contribution in [0.1, 0.15) is 22.3 Å². The molecule has 30 heavy (non-hydrogen) atoms. The highest BCUT2D eigenvalue weighted by Crippen LogP contribution is 2.41. The van der Waals surface area contributed by atoms with Crippen LogP contribution in [-0.4, -0.2) is 21.8 Å². The number of hydrogen-bond acceptors (Lipinski definition) is 4. The number of hydrogen-bond donors (Lipinski definition) is 0. The normalized spacial score (nSPS) is 13.6. The van der Waals surface area contributed by atoms with Crippen LogP contribution in [0.2, 0.25) is 5.02 Å². The third kappa shape index (κ3) is 3.83. The summed E-state index contributed by atoms with van der Waals surface area (Å²) in [5.41, 5.74) is 4.73. The molecule has 0 spiro atoms. The smallest absolute Gasteiger partial charge is 0.175 e. The minimum atomic E-state index is -3.27. The van der Waals surface area contributed by atoms with Crippen LogP contribution in [0.4, 0.5) is 0 Å². The van der Waals surface area contributed by atoms with Gasteiger partial charge in [0.1, 0.15) is 17.3 Å². The first-order valence-corrected chi connectivity index (χ1v) is 11.7. The highest BCUT2D eigenvalue weighted by molar-refractivity contribution is 7.90. The predicted molar refractivity (Wildman–Crippen MR) is 120 cm³/mol. The minimum Gasteiger partial charge on any atom is -0.495 e. The van der Waals surface area contributed by atoms with E-state index in [1.54, 1.807) is 31.4 Å². The van der Waals surface area contributed by atoms with Crippen molar-refractivity contribution < 1.29 is 17.9 Å². The second-order valence-corrected chi connectivity index (χ2v) is 9.72. The van der Waals surface area contributed by atoms with Crippen molar-refractivity contribution in [3.63, 3.8) is 0 Å². The molecule has 154 valence electrons. The number of benzene rings is 3. The lowest BCUT2D eigenvalue weighted by Crippen LogP contribution is -2.10. The van der Waals surface area contributed by atoms with Crippen LogP contribution in [-0.2, 0) is 16.3 Å². The van der Waals surface area contributed by atoms with Crippen LogP contribution < -0.4 is 9.47 Å². The predicted octanol–water partition coefficient (Wildman–Crippen LogP) is 5.56. The van der Waals surface area contributed by atoms with Gasteiger partial charge in [-0.2, -0.15) is 0 Å². The van der Waals surface area contributed by atoms with E-state index >= 15 is 0 Å². The molecule has 4 rings (SSSR count). The van der Waals surface area contributed by atoms with Crippen molar-refractivity contribution in [2.75, 3.05) is 13.4 Å². The summed E-state index contributed by atoms with van der Waals surface area (Å²) in [6.07, 6.45) is 1.86. The van der Waals surface area contributed by atoms with Crippen molar-refractivity contribution in [1.82, 2.24) is 0 Å². The molecule has 0 radical (unpaired) electrons. The molecule has 0 aromatic heterocycles. The van der Waals surface area contributed by atoms with Gasteiger partial charge in [0.25, 0.3) is 0 Å². The summed E-state index contributed by atoms with van der Waals surface area (Å²) in [4.78, 5) is 0.271. The van der Waals surface area contributed by atoms with Gasteiger partial charge in [-0.05, 0) is 66.1 Å². The number of rotatable bonds is 4. The average molecular weight is 441 g/mol. The molecule has 0 bridgehead atoms. The molecule has 1 heterocycles. The highest BCUT2D eigenvalue weighted by atomic mass is 35.5. The van der Waals surface area contributed by atoms with Gasteiger partial charge < -0.3 is 9.47 Å². The number of halogens is 1. The highest BCUT2D eigenvalue weighted by Gasteiger charge is 2.24. The molecule has 0 saturated heterocycles. The standard InChI is InChI=1S/C24H21ClO4S/c1-15-12-18(14-21(25)23(15)28-2)20-13-17-6-4-5-7-22(17)29-24(20)16-8-10-19(11-9-16)30(3,26)27/h4-12,14H,13H2,1-3H3. The molecule has 3 aromatic rings. The molecule has 0 atom stereocenters. The van der Waals surface area contributed by atoms with E-state index in [-0.39, 0.29) is 4.90 Å². The molecule has 4 nitrogen and oxygen atoms in total. The van der Waals surface area contributed by atoms with Crippen LogP contribution in [0, 0.1) is 6.92 Å². The van der Waals surface area contributed by atoms with Crippen LogP contribution >= 0.6 is 11.6 Å². The third-order valence-electron chi connectivity index (χ3n) is 5.15. The van der Waals surface area contributed by atoms with Crippen LogP contribution in [0.3, 0.4) is 0 Å². The Hall–Kier alpha value is -2.76. The number of sulfone groups is 1. The maximum absolute atomic E-state index is 11.8. The Morgan fingerprint density at radius 3 is 2.33 bits per heavy atom. The van der Waals surface area contributed by atoms with Crippen LogP contribution in [0.5, 0.6) is 11.5 Å². The zero-order valence-electron chi connectivity index (χ0n) is 16.9. The van der Waals surface area contributed by atoms with Gasteiger partial charge >= 0.3 is 0 Å². The van der Waals surface area contributed by atoms with E-state index in [0.717, 1.165) is 33.6 Å². The molecule has 0 aliphatic carbocycles. The lowest BCUT2D eigenvalue weighted by atomic mass is 9.91. The van der Waals surface area contributed by atoms with Crippen LogP contribution in [0.25, 0.3) is 11.3 Å². The van der Waals surface area contributed by atoms with Gasteiger partial charge in [-0.25, -0.2) is 8.42 Å². The topological polar surface area (TPSA) is 52.6 Å². The van der Waals surface area contributed by atoms with Gasteiger partial charge in [-0.1, -0.05) is 29.8 Å². The Morgan fingerprint density at radius 1 is 1.00 bits per heavy atom. The SMILES string of the molecule is COc1c(C)cc(C2=C(c3ccc(S(C)(=O)=O)cc3)Oc3ccccc3C2)cc1Cl. The summed E-state index contributed by atoms with van der Waals surface area (Å²) in [6, 6.07) is 18.6. The Morgan fingerprint density at radius 2 is 1.70 bits per heavy atom. The second-order valence-electron chi connectivity index (χ2n) is 7.30. The summed E-state index contributed by atoms with van der Waals surface area (Å²) in [5, 5.41) is 0.533. The number of para-hydroxylation sites is 1. The van der Waals surface area contributed by atoms with Gasteiger partial charge in [0.15, 0.2) is 9.84 Å². The van der Waals surface area contributed by atoms with Crippen LogP contribution in [0.15, 0.2) is 65.6 Å². The molecule has 3 aromatic carbocycles. The first-order valence-electron chi connectivity index (χ1n) is 9.42. The molecular weight excluding hydrogens is 420 g/mol. The van der Waals surface area contributed by atoms with E-state index < -0.39 is 9.84 Å². The number of fused-ring (bicyclic) bond motifs is 1. The van der Waals surface area contributed by atoms with Gasteiger partial charge in [0, 0.05) is 23.8 Å². The van der Waals surface area contributed by atoms with Crippen molar-refractivity contribution in [3.8, 4) is 11.5 Å². The van der Waals surface area contributed by atoms with Crippen molar-refractivity contribution in [2.24, 2.45) is 0 Å². The molecule has 6 heteroatoms. The van der Waals surface area contributed by atoms with E-state index in [1.807, 2.05) is 43.3 Å². The fourth-order valence-corrected chi connectivity index (χ4v) is 4.65. The van der Waals surface area contributed by atoms with E-state index in [0.29, 0.717) is 23.0 Å². The van der Waals surface area contributed by atoms with Gasteiger partial charge in [-0.15, -0.1) is 0 Å². The number of ether oxygens (including phenoxy) is 2. The minimum absolute atomic E-state index is 0.271. The summed E-state index contributed by atoms with van der Waals surface area (Å²) < 4.78 is 35.4. The molecule has 1 aliphatic rings. The van der Waals surface area contributed by atoms with Crippen molar-refractivity contribution in [3.05, 3.63) is 87.9 Å². The largest absolute Gasteiger partial charge is 0.495 e. The Balaban J connectivity index is 1.89. The summed E-state index contributed by atoms with van der Waals surface area (Å²) in [7, 11) is -1.67. The Labute approximate surface area is 181 Å². The Kier molecular flexibility index (Phi) is 5.35. The first kappa shape index (κ1) is 20.5. The third-order valence-corrected chi connectivity index (χ3v) is 6.56.